The predicted octanol–water partition coefficient (Wildman–Crippen LogP) is 6.48. The first kappa shape index (κ1) is 27.3. The lowest BCUT2D eigenvalue weighted by Gasteiger charge is -2.37. The highest BCUT2D eigenvalue weighted by Crippen LogP contribution is 2.47. The Hall–Kier alpha value is -3.74. The van der Waals surface area contributed by atoms with Crippen LogP contribution in [0.2, 0.25) is 5.02 Å². The third-order valence-corrected chi connectivity index (χ3v) is 7.03. The van der Waals surface area contributed by atoms with Crippen LogP contribution in [0, 0.1) is 5.82 Å². The van der Waals surface area contributed by atoms with Crippen molar-refractivity contribution in [1.82, 2.24) is 5.32 Å². The Morgan fingerprint density at radius 1 is 1.03 bits per heavy atom. The van der Waals surface area contributed by atoms with Crippen molar-refractivity contribution in [2.75, 3.05) is 11.9 Å². The average molecular weight is 533 g/mol. The lowest BCUT2D eigenvalue weighted by molar-refractivity contribution is -0.116. The van der Waals surface area contributed by atoms with Gasteiger partial charge in [-0.25, -0.2) is 4.39 Å². The van der Waals surface area contributed by atoms with Gasteiger partial charge in [0.2, 0.25) is 0 Å². The van der Waals surface area contributed by atoms with E-state index in [1.807, 2.05) is 48.5 Å². The second kappa shape index (κ2) is 12.2. The van der Waals surface area contributed by atoms with Crippen LogP contribution >= 0.6 is 11.6 Å². The number of allylic oxidation sites excluding steroid dienone is 3. The molecule has 0 bridgehead atoms. The number of aliphatic hydroxyl groups is 1. The summed E-state index contributed by atoms with van der Waals surface area (Å²) < 4.78 is 14.3. The first-order valence-electron chi connectivity index (χ1n) is 12.6. The van der Waals surface area contributed by atoms with Gasteiger partial charge in [-0.3, -0.25) is 9.59 Å². The number of amides is 1. The Balaban J connectivity index is 0.00000107. The molecule has 196 valence electrons. The molecule has 0 aromatic heterocycles. The largest absolute Gasteiger partial charge is 0.397 e. The Morgan fingerprint density at radius 2 is 1.66 bits per heavy atom. The quantitative estimate of drug-likeness (QED) is 0.359. The van der Waals surface area contributed by atoms with Gasteiger partial charge in [0.05, 0.1) is 5.69 Å². The molecule has 0 fully saturated rings. The average Bonchev–Trinajstić information content (AvgIpc) is 2.90. The Morgan fingerprint density at radius 3 is 2.34 bits per heavy atom. The van der Waals surface area contributed by atoms with Gasteiger partial charge in [0.1, 0.15) is 5.82 Å². The molecule has 2 unspecified atom stereocenters. The third-order valence-electron chi connectivity index (χ3n) is 6.68. The number of Topliss-reactive ketones (excluding diaryl/α,β-unsaturated/α-hetero) is 1. The van der Waals surface area contributed by atoms with Gasteiger partial charge in [0, 0.05) is 46.5 Å². The maximum absolute atomic E-state index is 14.3. The van der Waals surface area contributed by atoms with Crippen LogP contribution in [-0.2, 0) is 9.59 Å². The molecule has 0 saturated carbocycles. The zero-order valence-corrected chi connectivity index (χ0v) is 22.1. The number of benzene rings is 3. The van der Waals surface area contributed by atoms with Crippen LogP contribution in [-0.4, -0.2) is 23.4 Å². The summed E-state index contributed by atoms with van der Waals surface area (Å²) in [4.78, 5) is 27.2. The molecule has 1 aliphatic heterocycles. The van der Waals surface area contributed by atoms with E-state index in [4.69, 9.17) is 16.7 Å². The molecule has 1 amide bonds. The van der Waals surface area contributed by atoms with E-state index in [0.717, 1.165) is 11.3 Å². The predicted molar refractivity (Wildman–Crippen MR) is 148 cm³/mol. The van der Waals surface area contributed by atoms with Crippen molar-refractivity contribution in [1.29, 1.82) is 0 Å². The maximum atomic E-state index is 14.3. The van der Waals surface area contributed by atoms with E-state index in [0.29, 0.717) is 40.3 Å². The van der Waals surface area contributed by atoms with Crippen LogP contribution in [0.15, 0.2) is 101 Å². The minimum atomic E-state index is -0.657. The molecule has 0 saturated heterocycles. The third kappa shape index (κ3) is 5.72. The van der Waals surface area contributed by atoms with E-state index in [9.17, 15) is 14.0 Å². The van der Waals surface area contributed by atoms with Crippen LogP contribution in [0.3, 0.4) is 0 Å². The summed E-state index contributed by atoms with van der Waals surface area (Å²) in [7, 11) is 0. The molecule has 7 heteroatoms. The minimum absolute atomic E-state index is 0.0267. The highest BCUT2D eigenvalue weighted by atomic mass is 35.5. The molecule has 5 rings (SSSR count). The molecule has 0 spiro atoms. The number of nitrogens with one attached hydrogen (secondary N) is 2. The van der Waals surface area contributed by atoms with Gasteiger partial charge >= 0.3 is 0 Å². The van der Waals surface area contributed by atoms with Crippen molar-refractivity contribution in [3.8, 4) is 0 Å². The Bertz CT molecular complexity index is 1400. The van der Waals surface area contributed by atoms with E-state index < -0.39 is 17.6 Å². The molecule has 2 atom stereocenters. The highest BCUT2D eigenvalue weighted by molar-refractivity contribution is 6.31. The van der Waals surface area contributed by atoms with Crippen molar-refractivity contribution >= 4 is 29.0 Å². The lowest BCUT2D eigenvalue weighted by atomic mass is 9.71. The molecular formula is C31H30ClFN2O3. The van der Waals surface area contributed by atoms with Crippen LogP contribution < -0.4 is 10.6 Å². The Kier molecular flexibility index (Phi) is 8.77. The number of para-hydroxylation sites is 1. The number of carbonyl (C=O) groups excluding carboxylic acids is 2. The molecule has 5 nitrogen and oxygen atoms in total. The standard InChI is InChI=1S/C29H24ClFN2O2.C2H6O/c1-17-26(29(35)33-23-14-8-7-13-22(23)31)27(20-11-5-6-12-21(20)30)28-24(32-17)15-19(16-25(28)34)18-9-3-2-4-10-18;1-2-3/h2-14,19,27,32H,15-16H2,1H3,(H,33,35);3H,2H2,1H3. The fraction of sp³-hybridized carbons (Fsp3) is 0.226. The van der Waals surface area contributed by atoms with Gasteiger partial charge in [-0.15, -0.1) is 0 Å². The summed E-state index contributed by atoms with van der Waals surface area (Å²) in [6.07, 6.45) is 0.984. The molecule has 3 N–H and O–H groups in total. The summed E-state index contributed by atoms with van der Waals surface area (Å²) in [6, 6.07) is 23.2. The number of rotatable bonds is 4. The number of carbonyl (C=O) groups is 2. The summed E-state index contributed by atoms with van der Waals surface area (Å²) in [5.41, 5.74) is 4.18. The van der Waals surface area contributed by atoms with Gasteiger partial charge in [-0.2, -0.15) is 0 Å². The van der Waals surface area contributed by atoms with E-state index in [2.05, 4.69) is 10.6 Å². The molecule has 2 aliphatic rings. The van der Waals surface area contributed by atoms with Gasteiger partial charge in [-0.1, -0.05) is 72.3 Å². The van der Waals surface area contributed by atoms with Crippen molar-refractivity contribution in [3.63, 3.8) is 0 Å². The van der Waals surface area contributed by atoms with E-state index >= 15 is 0 Å². The van der Waals surface area contributed by atoms with Gasteiger partial charge in [-0.05, 0) is 55.5 Å². The Labute approximate surface area is 227 Å². The number of anilines is 1. The smallest absolute Gasteiger partial charge is 0.254 e. The van der Waals surface area contributed by atoms with E-state index in [-0.39, 0.29) is 24.0 Å². The number of aliphatic hydroxyl groups excluding tert-OH is 1. The molecular weight excluding hydrogens is 503 g/mol. The molecule has 3 aromatic rings. The molecule has 1 heterocycles. The second-order valence-corrected chi connectivity index (χ2v) is 9.61. The van der Waals surface area contributed by atoms with Crippen molar-refractivity contribution in [3.05, 3.63) is 123 Å². The molecule has 38 heavy (non-hydrogen) atoms. The summed E-state index contributed by atoms with van der Waals surface area (Å²) >= 11 is 6.60. The van der Waals surface area contributed by atoms with Crippen LogP contribution in [0.5, 0.6) is 0 Å². The number of ketones is 1. The van der Waals surface area contributed by atoms with Crippen LogP contribution in [0.1, 0.15) is 49.7 Å². The summed E-state index contributed by atoms with van der Waals surface area (Å²) in [5.74, 6) is -1.65. The fourth-order valence-corrected chi connectivity index (χ4v) is 5.32. The fourth-order valence-electron chi connectivity index (χ4n) is 5.07. The summed E-state index contributed by atoms with van der Waals surface area (Å²) in [5, 5.41) is 14.1. The van der Waals surface area contributed by atoms with Crippen molar-refractivity contribution in [2.45, 2.75) is 38.5 Å². The van der Waals surface area contributed by atoms with Crippen LogP contribution in [0.25, 0.3) is 0 Å². The van der Waals surface area contributed by atoms with Crippen molar-refractivity contribution < 1.29 is 19.1 Å². The van der Waals surface area contributed by atoms with Crippen molar-refractivity contribution in [2.24, 2.45) is 0 Å². The normalized spacial score (nSPS) is 18.7. The van der Waals surface area contributed by atoms with Gasteiger partial charge < -0.3 is 15.7 Å². The topological polar surface area (TPSA) is 78.4 Å². The van der Waals surface area contributed by atoms with E-state index in [1.165, 1.54) is 12.1 Å². The van der Waals surface area contributed by atoms with E-state index in [1.54, 1.807) is 32.0 Å². The monoisotopic (exact) mass is 532 g/mol. The first-order chi connectivity index (χ1) is 18.3. The SMILES string of the molecule is CC1=C(C(=O)Nc2ccccc2F)C(c2ccccc2Cl)C2=C(CC(c3ccccc3)CC2=O)N1.CCO. The number of hydrogen-bond acceptors (Lipinski definition) is 4. The number of halogens is 2. The highest BCUT2D eigenvalue weighted by Gasteiger charge is 2.41. The minimum Gasteiger partial charge on any atom is -0.397 e. The maximum Gasteiger partial charge on any atom is 0.254 e. The molecule has 3 aromatic carbocycles. The number of hydrogen-bond donors (Lipinski definition) is 3. The second-order valence-electron chi connectivity index (χ2n) is 9.20. The lowest BCUT2D eigenvalue weighted by Crippen LogP contribution is -2.37. The zero-order chi connectivity index (χ0) is 27.2. The van der Waals surface area contributed by atoms with Crippen LogP contribution in [0.4, 0.5) is 10.1 Å². The summed E-state index contributed by atoms with van der Waals surface area (Å²) in [6.45, 7) is 3.74. The molecule has 0 radical (unpaired) electrons. The first-order valence-corrected chi connectivity index (χ1v) is 12.9. The number of dihydropyridines is 1. The zero-order valence-electron chi connectivity index (χ0n) is 21.3. The van der Waals surface area contributed by atoms with Gasteiger partial charge in [0.15, 0.2) is 5.78 Å². The molecule has 1 aliphatic carbocycles. The van der Waals surface area contributed by atoms with Gasteiger partial charge in [0.25, 0.3) is 5.91 Å².